The highest BCUT2D eigenvalue weighted by molar-refractivity contribution is 5.87. The topological polar surface area (TPSA) is 79.9 Å². The van der Waals surface area contributed by atoms with Gasteiger partial charge in [-0.25, -0.2) is 4.79 Å². The van der Waals surface area contributed by atoms with Gasteiger partial charge in [-0.2, -0.15) is 10.4 Å². The number of anilines is 1. The molecule has 0 unspecified atom stereocenters. The van der Waals surface area contributed by atoms with Crippen molar-refractivity contribution in [2.24, 2.45) is 7.05 Å². The van der Waals surface area contributed by atoms with E-state index in [2.05, 4.69) is 10.4 Å². The van der Waals surface area contributed by atoms with Crippen molar-refractivity contribution in [3.63, 3.8) is 0 Å². The Hall–Kier alpha value is -2.81. The van der Waals surface area contributed by atoms with Crippen LogP contribution in [0.4, 0.5) is 10.5 Å². The molecule has 6 heteroatoms. The van der Waals surface area contributed by atoms with E-state index in [-0.39, 0.29) is 6.61 Å². The molecule has 0 radical (unpaired) electrons. The van der Waals surface area contributed by atoms with E-state index in [1.165, 1.54) is 4.68 Å². The molecule has 1 heterocycles. The Labute approximate surface area is 116 Å². The molecule has 2 aromatic rings. The zero-order chi connectivity index (χ0) is 14.5. The number of hydrogen-bond acceptors (Lipinski definition) is 4. The van der Waals surface area contributed by atoms with Crippen molar-refractivity contribution < 1.29 is 9.53 Å². The van der Waals surface area contributed by atoms with Crippen LogP contribution in [-0.2, 0) is 18.4 Å². The predicted octanol–water partition coefficient (Wildman–Crippen LogP) is 2.35. The summed E-state index contributed by atoms with van der Waals surface area (Å²) in [4.78, 5) is 11.7. The average molecular weight is 270 g/mol. The number of amides is 1. The first kappa shape index (κ1) is 13.6. The summed E-state index contributed by atoms with van der Waals surface area (Å²) in [5, 5.41) is 15.7. The molecule has 0 spiro atoms. The first-order valence-electron chi connectivity index (χ1n) is 6.03. The molecule has 1 N–H and O–H groups in total. The molecule has 1 aromatic heterocycles. The number of aryl methyl sites for hydroxylation is 2. The largest absolute Gasteiger partial charge is 0.444 e. The van der Waals surface area contributed by atoms with Crippen LogP contribution in [0.15, 0.2) is 30.3 Å². The Bertz CT molecular complexity index is 656. The van der Waals surface area contributed by atoms with Crippen LogP contribution in [0.5, 0.6) is 0 Å². The minimum atomic E-state index is -0.610. The summed E-state index contributed by atoms with van der Waals surface area (Å²) in [7, 11) is 1.64. The van der Waals surface area contributed by atoms with Gasteiger partial charge in [0.25, 0.3) is 0 Å². The summed E-state index contributed by atoms with van der Waals surface area (Å²) >= 11 is 0. The van der Waals surface area contributed by atoms with Gasteiger partial charge >= 0.3 is 6.09 Å². The molecule has 0 bridgehead atoms. The van der Waals surface area contributed by atoms with Crippen LogP contribution >= 0.6 is 0 Å². The number of rotatable bonds is 3. The maximum atomic E-state index is 11.7. The van der Waals surface area contributed by atoms with E-state index in [1.807, 2.05) is 36.4 Å². The fourth-order valence-corrected chi connectivity index (χ4v) is 1.80. The molecule has 1 amide bonds. The second-order valence-electron chi connectivity index (χ2n) is 4.23. The highest BCUT2D eigenvalue weighted by atomic mass is 16.5. The Balaban J connectivity index is 2.01. The highest BCUT2D eigenvalue weighted by Gasteiger charge is 2.15. The normalized spacial score (nSPS) is 9.85. The minimum absolute atomic E-state index is 0.174. The Morgan fingerprint density at radius 3 is 2.80 bits per heavy atom. The fraction of sp³-hybridized carbons (Fsp3) is 0.214. The summed E-state index contributed by atoms with van der Waals surface area (Å²) in [5.74, 6) is 0. The van der Waals surface area contributed by atoms with Crippen LogP contribution < -0.4 is 5.32 Å². The Morgan fingerprint density at radius 1 is 1.45 bits per heavy atom. The van der Waals surface area contributed by atoms with E-state index in [0.29, 0.717) is 17.1 Å². The zero-order valence-corrected chi connectivity index (χ0v) is 11.3. The summed E-state index contributed by atoms with van der Waals surface area (Å²) in [6, 6.07) is 11.4. The summed E-state index contributed by atoms with van der Waals surface area (Å²) in [6.45, 7) is 1.89. The third-order valence-electron chi connectivity index (χ3n) is 2.77. The first-order valence-corrected chi connectivity index (χ1v) is 6.03. The van der Waals surface area contributed by atoms with Crippen LogP contribution in [0.3, 0.4) is 0 Å². The van der Waals surface area contributed by atoms with Crippen LogP contribution in [-0.4, -0.2) is 15.9 Å². The quantitative estimate of drug-likeness (QED) is 0.928. The van der Waals surface area contributed by atoms with Gasteiger partial charge in [0.05, 0.1) is 5.69 Å². The second kappa shape index (κ2) is 5.89. The van der Waals surface area contributed by atoms with Gasteiger partial charge in [0.2, 0.25) is 0 Å². The van der Waals surface area contributed by atoms with Crippen LogP contribution in [0, 0.1) is 18.3 Å². The summed E-state index contributed by atoms with van der Waals surface area (Å²) in [5.41, 5.74) is 2.14. The number of nitrogens with one attached hydrogen (secondary N) is 1. The van der Waals surface area contributed by atoms with E-state index >= 15 is 0 Å². The van der Waals surface area contributed by atoms with E-state index in [1.54, 1.807) is 14.0 Å². The van der Waals surface area contributed by atoms with Crippen molar-refractivity contribution in [3.05, 3.63) is 47.3 Å². The van der Waals surface area contributed by atoms with Crippen LogP contribution in [0.2, 0.25) is 0 Å². The van der Waals surface area contributed by atoms with Crippen molar-refractivity contribution in [1.29, 1.82) is 5.26 Å². The van der Waals surface area contributed by atoms with Crippen molar-refractivity contribution in [1.82, 2.24) is 9.78 Å². The number of benzene rings is 1. The Morgan fingerprint density at radius 2 is 2.15 bits per heavy atom. The van der Waals surface area contributed by atoms with Gasteiger partial charge in [-0.1, -0.05) is 30.3 Å². The lowest BCUT2D eigenvalue weighted by Gasteiger charge is -2.06. The van der Waals surface area contributed by atoms with Crippen molar-refractivity contribution >= 4 is 11.8 Å². The molecule has 0 atom stereocenters. The maximum Gasteiger partial charge on any atom is 0.412 e. The second-order valence-corrected chi connectivity index (χ2v) is 4.23. The molecule has 0 saturated heterocycles. The SMILES string of the molecule is Cc1nn(C)c(C#N)c1NC(=O)OCc1ccccc1. The van der Waals surface area contributed by atoms with E-state index < -0.39 is 6.09 Å². The molecule has 0 aliphatic carbocycles. The smallest absolute Gasteiger partial charge is 0.412 e. The third kappa shape index (κ3) is 2.95. The lowest BCUT2D eigenvalue weighted by atomic mass is 10.2. The first-order chi connectivity index (χ1) is 9.61. The number of hydrogen-bond donors (Lipinski definition) is 1. The van der Waals surface area contributed by atoms with Gasteiger partial charge in [0.1, 0.15) is 18.4 Å². The van der Waals surface area contributed by atoms with Crippen molar-refractivity contribution in [2.45, 2.75) is 13.5 Å². The van der Waals surface area contributed by atoms with Gasteiger partial charge in [-0.05, 0) is 12.5 Å². The average Bonchev–Trinajstić information content (AvgIpc) is 2.71. The van der Waals surface area contributed by atoms with Gasteiger partial charge in [0.15, 0.2) is 5.69 Å². The van der Waals surface area contributed by atoms with Gasteiger partial charge < -0.3 is 4.74 Å². The molecular formula is C14H14N4O2. The van der Waals surface area contributed by atoms with Crippen molar-refractivity contribution in [3.8, 4) is 6.07 Å². The molecule has 6 nitrogen and oxygen atoms in total. The monoisotopic (exact) mass is 270 g/mol. The fourth-order valence-electron chi connectivity index (χ4n) is 1.80. The minimum Gasteiger partial charge on any atom is -0.444 e. The third-order valence-corrected chi connectivity index (χ3v) is 2.77. The number of carbonyl (C=O) groups excluding carboxylic acids is 1. The molecular weight excluding hydrogens is 256 g/mol. The molecule has 0 saturated carbocycles. The summed E-state index contributed by atoms with van der Waals surface area (Å²) < 4.78 is 6.52. The highest BCUT2D eigenvalue weighted by Crippen LogP contribution is 2.18. The van der Waals surface area contributed by atoms with Crippen LogP contribution in [0.25, 0.3) is 0 Å². The molecule has 0 aliphatic heterocycles. The number of carbonyl (C=O) groups is 1. The molecule has 0 aliphatic rings. The lowest BCUT2D eigenvalue weighted by molar-refractivity contribution is 0.155. The zero-order valence-electron chi connectivity index (χ0n) is 11.3. The van der Waals surface area contributed by atoms with Crippen LogP contribution in [0.1, 0.15) is 17.0 Å². The standard InChI is InChI=1S/C14H14N4O2/c1-10-13(12(8-15)18(2)17-10)16-14(19)20-9-11-6-4-3-5-7-11/h3-7H,9H2,1-2H3,(H,16,19). The Kier molecular flexibility index (Phi) is 4.01. The van der Waals surface area contributed by atoms with Gasteiger partial charge in [-0.15, -0.1) is 0 Å². The lowest BCUT2D eigenvalue weighted by Crippen LogP contribution is -2.14. The van der Waals surface area contributed by atoms with Crippen molar-refractivity contribution in [2.75, 3.05) is 5.32 Å². The molecule has 1 aromatic carbocycles. The van der Waals surface area contributed by atoms with Gasteiger partial charge in [0, 0.05) is 7.05 Å². The number of aromatic nitrogens is 2. The number of nitriles is 1. The van der Waals surface area contributed by atoms with E-state index in [0.717, 1.165) is 5.56 Å². The number of nitrogens with zero attached hydrogens (tertiary/aromatic N) is 3. The molecule has 0 fully saturated rings. The maximum absolute atomic E-state index is 11.7. The molecule has 102 valence electrons. The van der Waals surface area contributed by atoms with E-state index in [4.69, 9.17) is 10.00 Å². The molecule has 20 heavy (non-hydrogen) atoms. The summed E-state index contributed by atoms with van der Waals surface area (Å²) in [6.07, 6.45) is -0.610. The predicted molar refractivity (Wildman–Crippen MR) is 72.9 cm³/mol. The van der Waals surface area contributed by atoms with E-state index in [9.17, 15) is 4.79 Å². The number of ether oxygens (including phenoxy) is 1. The van der Waals surface area contributed by atoms with Gasteiger partial charge in [-0.3, -0.25) is 10.00 Å². The molecule has 2 rings (SSSR count).